The minimum Gasteiger partial charge on any atom is -0.399 e. The first-order chi connectivity index (χ1) is 10.0. The molecule has 4 atom stereocenters. The summed E-state index contributed by atoms with van der Waals surface area (Å²) in [5.41, 5.74) is 7.05. The van der Waals surface area contributed by atoms with Crippen LogP contribution in [0.1, 0.15) is 5.56 Å². The summed E-state index contributed by atoms with van der Waals surface area (Å²) in [5, 5.41) is 34.1. The summed E-state index contributed by atoms with van der Waals surface area (Å²) in [6, 6.07) is 6.01. The summed E-state index contributed by atoms with van der Waals surface area (Å²) < 4.78 is 0. The van der Waals surface area contributed by atoms with Gasteiger partial charge in [0.25, 0.3) is 0 Å². The van der Waals surface area contributed by atoms with E-state index < -0.39 is 24.3 Å². The molecule has 21 heavy (non-hydrogen) atoms. The third kappa shape index (κ3) is 3.92. The lowest BCUT2D eigenvalue weighted by Gasteiger charge is -2.16. The van der Waals surface area contributed by atoms with E-state index in [0.717, 1.165) is 5.56 Å². The topological polar surface area (TPSA) is 128 Å². The van der Waals surface area contributed by atoms with E-state index in [0.29, 0.717) is 5.69 Å². The molecule has 1 saturated heterocycles. The Morgan fingerprint density at radius 1 is 1.29 bits per heavy atom. The zero-order valence-corrected chi connectivity index (χ0v) is 11.6. The van der Waals surface area contributed by atoms with Crippen LogP contribution in [0, 0.1) is 0 Å². The van der Waals surface area contributed by atoms with Gasteiger partial charge in [0.2, 0.25) is 5.91 Å². The quantitative estimate of drug-likeness (QED) is 0.348. The van der Waals surface area contributed by atoms with Gasteiger partial charge in [-0.3, -0.25) is 4.79 Å². The van der Waals surface area contributed by atoms with Crippen LogP contribution in [0.15, 0.2) is 24.3 Å². The first-order valence-corrected chi connectivity index (χ1v) is 6.85. The van der Waals surface area contributed by atoms with E-state index >= 15 is 0 Å². The molecule has 0 aromatic heterocycles. The van der Waals surface area contributed by atoms with E-state index in [1.165, 1.54) is 0 Å². The van der Waals surface area contributed by atoms with Gasteiger partial charge in [-0.05, 0) is 17.7 Å². The second kappa shape index (κ2) is 6.86. The second-order valence-corrected chi connectivity index (χ2v) is 5.27. The lowest BCUT2D eigenvalue weighted by Crippen LogP contribution is -2.44. The van der Waals surface area contributed by atoms with Crippen molar-refractivity contribution >= 4 is 11.6 Å². The number of aliphatic hydroxyl groups is 3. The van der Waals surface area contributed by atoms with Gasteiger partial charge >= 0.3 is 0 Å². The number of amides is 1. The van der Waals surface area contributed by atoms with Crippen molar-refractivity contribution in [2.75, 3.05) is 18.9 Å². The Hall–Kier alpha value is -1.67. The largest absolute Gasteiger partial charge is 0.399 e. The van der Waals surface area contributed by atoms with Crippen molar-refractivity contribution in [3.8, 4) is 0 Å². The van der Waals surface area contributed by atoms with E-state index in [1.54, 1.807) is 18.2 Å². The van der Waals surface area contributed by atoms with E-state index in [1.807, 2.05) is 6.07 Å². The van der Waals surface area contributed by atoms with Crippen molar-refractivity contribution < 1.29 is 20.1 Å². The van der Waals surface area contributed by atoms with Gasteiger partial charge in [0.15, 0.2) is 0 Å². The molecule has 1 aromatic carbocycles. The Bertz CT molecular complexity index is 497. The average molecular weight is 295 g/mol. The highest BCUT2D eigenvalue weighted by Crippen LogP contribution is 2.14. The van der Waals surface area contributed by atoms with E-state index in [2.05, 4.69) is 10.6 Å². The van der Waals surface area contributed by atoms with Crippen LogP contribution in [0.2, 0.25) is 0 Å². The molecule has 7 heteroatoms. The van der Waals surface area contributed by atoms with Gasteiger partial charge in [0.1, 0.15) is 0 Å². The molecule has 1 aromatic rings. The van der Waals surface area contributed by atoms with Gasteiger partial charge in [0.05, 0.1) is 37.3 Å². The molecule has 0 radical (unpaired) electrons. The van der Waals surface area contributed by atoms with Gasteiger partial charge in [-0.1, -0.05) is 12.1 Å². The molecule has 116 valence electrons. The summed E-state index contributed by atoms with van der Waals surface area (Å²) in [7, 11) is 0. The minimum absolute atomic E-state index is 0.176. The number of hydrogen-bond acceptors (Lipinski definition) is 6. The number of aliphatic hydroxyl groups excluding tert-OH is 3. The third-order valence-corrected chi connectivity index (χ3v) is 3.63. The Labute approximate surface area is 122 Å². The Morgan fingerprint density at radius 2 is 2.00 bits per heavy atom. The van der Waals surface area contributed by atoms with Crippen molar-refractivity contribution in [3.63, 3.8) is 0 Å². The van der Waals surface area contributed by atoms with Crippen LogP contribution in [-0.4, -0.2) is 58.7 Å². The number of carbonyl (C=O) groups excluding carboxylic acids is 1. The molecule has 1 heterocycles. The van der Waals surface area contributed by atoms with Gasteiger partial charge in [-0.25, -0.2) is 0 Å². The molecule has 1 fully saturated rings. The molecule has 7 nitrogen and oxygen atoms in total. The normalized spacial score (nSPS) is 28.5. The van der Waals surface area contributed by atoms with Crippen molar-refractivity contribution in [3.05, 3.63) is 29.8 Å². The zero-order valence-electron chi connectivity index (χ0n) is 11.6. The van der Waals surface area contributed by atoms with Crippen LogP contribution >= 0.6 is 0 Å². The number of nitrogen functional groups attached to an aromatic ring is 1. The molecular formula is C14H21N3O4. The number of nitrogens with one attached hydrogen (secondary N) is 2. The monoisotopic (exact) mass is 295 g/mol. The first-order valence-electron chi connectivity index (χ1n) is 6.85. The van der Waals surface area contributed by atoms with Crippen LogP contribution in [0.3, 0.4) is 0 Å². The molecule has 2 rings (SSSR count). The van der Waals surface area contributed by atoms with E-state index in [4.69, 9.17) is 10.8 Å². The highest BCUT2D eigenvalue weighted by molar-refractivity contribution is 5.78. The third-order valence-electron chi connectivity index (χ3n) is 3.63. The molecule has 7 N–H and O–H groups in total. The number of hydrogen-bond donors (Lipinski definition) is 6. The predicted molar refractivity (Wildman–Crippen MR) is 77.4 cm³/mol. The number of nitrogens with two attached hydrogens (primary N) is 1. The molecule has 0 spiro atoms. The van der Waals surface area contributed by atoms with Crippen LogP contribution in [0.4, 0.5) is 5.69 Å². The van der Waals surface area contributed by atoms with Gasteiger partial charge < -0.3 is 31.7 Å². The van der Waals surface area contributed by atoms with E-state index in [9.17, 15) is 15.0 Å². The molecule has 1 amide bonds. The fourth-order valence-electron chi connectivity index (χ4n) is 2.46. The van der Waals surface area contributed by atoms with Crippen LogP contribution in [0.5, 0.6) is 0 Å². The molecule has 0 aliphatic carbocycles. The predicted octanol–water partition coefficient (Wildman–Crippen LogP) is -2.02. The summed E-state index contributed by atoms with van der Waals surface area (Å²) in [5.74, 6) is -0.198. The fraction of sp³-hybridized carbons (Fsp3) is 0.500. The zero-order chi connectivity index (χ0) is 15.4. The van der Waals surface area contributed by atoms with Crippen LogP contribution < -0.4 is 16.4 Å². The van der Waals surface area contributed by atoms with Crippen molar-refractivity contribution in [2.24, 2.45) is 0 Å². The van der Waals surface area contributed by atoms with Gasteiger partial charge in [-0.15, -0.1) is 0 Å². The van der Waals surface area contributed by atoms with Crippen molar-refractivity contribution in [1.29, 1.82) is 0 Å². The van der Waals surface area contributed by atoms with Crippen molar-refractivity contribution in [2.45, 2.75) is 30.7 Å². The fourth-order valence-corrected chi connectivity index (χ4v) is 2.46. The maximum absolute atomic E-state index is 11.8. The second-order valence-electron chi connectivity index (χ2n) is 5.27. The molecular weight excluding hydrogens is 274 g/mol. The SMILES string of the molecule is Nc1cccc(CC(=O)NC[C@H]2N[C@H](CO)[C@@H](O)[C@@H]2O)c1. The Balaban J connectivity index is 1.82. The van der Waals surface area contributed by atoms with Gasteiger partial charge in [0, 0.05) is 12.2 Å². The lowest BCUT2D eigenvalue weighted by molar-refractivity contribution is -0.120. The minimum atomic E-state index is -1.04. The molecule has 0 saturated carbocycles. The first kappa shape index (κ1) is 15.7. The maximum atomic E-state index is 11.8. The van der Waals surface area contributed by atoms with Crippen LogP contribution in [-0.2, 0) is 11.2 Å². The number of benzene rings is 1. The summed E-state index contributed by atoms with van der Waals surface area (Å²) >= 11 is 0. The smallest absolute Gasteiger partial charge is 0.224 e. The van der Waals surface area contributed by atoms with Crippen molar-refractivity contribution in [1.82, 2.24) is 10.6 Å². The summed E-state index contributed by atoms with van der Waals surface area (Å²) in [6.45, 7) is -0.0954. The highest BCUT2D eigenvalue weighted by atomic mass is 16.3. The highest BCUT2D eigenvalue weighted by Gasteiger charge is 2.40. The maximum Gasteiger partial charge on any atom is 0.224 e. The van der Waals surface area contributed by atoms with Crippen LogP contribution in [0.25, 0.3) is 0 Å². The Kier molecular flexibility index (Phi) is 5.13. The number of rotatable bonds is 5. The van der Waals surface area contributed by atoms with Gasteiger partial charge in [-0.2, -0.15) is 0 Å². The molecule has 0 unspecified atom stereocenters. The molecule has 1 aliphatic rings. The Morgan fingerprint density at radius 3 is 2.62 bits per heavy atom. The lowest BCUT2D eigenvalue weighted by atomic mass is 10.1. The number of anilines is 1. The van der Waals surface area contributed by atoms with E-state index in [-0.39, 0.29) is 25.5 Å². The summed E-state index contributed by atoms with van der Waals surface area (Å²) in [4.78, 5) is 11.8. The standard InChI is InChI=1S/C14H21N3O4/c15-9-3-1-2-8(4-9)5-12(19)16-6-10-13(20)14(21)11(7-18)17-10/h1-4,10-11,13-14,17-18,20-21H,5-7,15H2,(H,16,19)/t10-,11-,13-,14-/m1/s1. The molecule has 1 aliphatic heterocycles. The number of carbonyl (C=O) groups is 1. The molecule has 0 bridgehead atoms. The average Bonchev–Trinajstić information content (AvgIpc) is 2.72. The summed E-state index contributed by atoms with van der Waals surface area (Å²) in [6.07, 6.45) is -1.86.